The second kappa shape index (κ2) is 10.6. The summed E-state index contributed by atoms with van der Waals surface area (Å²) < 4.78 is 0. The van der Waals surface area contributed by atoms with Gasteiger partial charge in [0.1, 0.15) is 0 Å². The summed E-state index contributed by atoms with van der Waals surface area (Å²) >= 11 is 0. The standard InChI is InChI=1S/C20H41N/c1-5-6-7-8-9-10-11-12-13-18-16-20(2,3)15-14-19(18)17-21-4/h18-19,21H,5-17H2,1-4H3. The van der Waals surface area contributed by atoms with Crippen molar-refractivity contribution in [3.8, 4) is 0 Å². The third kappa shape index (κ3) is 8.24. The molecule has 1 aliphatic rings. The second-order valence-electron chi connectivity index (χ2n) is 8.25. The molecule has 1 saturated carbocycles. The monoisotopic (exact) mass is 295 g/mol. The van der Waals surface area contributed by atoms with Gasteiger partial charge in [-0.1, -0.05) is 78.6 Å². The third-order valence-electron chi connectivity index (χ3n) is 5.57. The van der Waals surface area contributed by atoms with Gasteiger partial charge in [0.15, 0.2) is 0 Å². The van der Waals surface area contributed by atoms with Gasteiger partial charge in [-0.05, 0) is 50.1 Å². The molecule has 0 heterocycles. The van der Waals surface area contributed by atoms with E-state index in [-0.39, 0.29) is 0 Å². The zero-order valence-corrected chi connectivity index (χ0v) is 15.3. The SMILES string of the molecule is CCCCCCCCCCC1CC(C)(C)CCC1CNC. The van der Waals surface area contributed by atoms with E-state index in [1.165, 1.54) is 83.6 Å². The van der Waals surface area contributed by atoms with Gasteiger partial charge in [-0.3, -0.25) is 0 Å². The van der Waals surface area contributed by atoms with Crippen molar-refractivity contribution in [3.63, 3.8) is 0 Å². The first-order valence-electron chi connectivity index (χ1n) is 9.73. The van der Waals surface area contributed by atoms with E-state index in [1.54, 1.807) is 0 Å². The maximum absolute atomic E-state index is 3.43. The fraction of sp³-hybridized carbons (Fsp3) is 1.00. The summed E-state index contributed by atoms with van der Waals surface area (Å²) in [6.07, 6.45) is 17.4. The van der Waals surface area contributed by atoms with Crippen molar-refractivity contribution in [2.24, 2.45) is 17.3 Å². The number of unbranched alkanes of at least 4 members (excludes halogenated alkanes) is 7. The highest BCUT2D eigenvalue weighted by Gasteiger charge is 2.33. The Morgan fingerprint density at radius 3 is 2.14 bits per heavy atom. The zero-order valence-electron chi connectivity index (χ0n) is 15.3. The van der Waals surface area contributed by atoms with Gasteiger partial charge in [0.2, 0.25) is 0 Å². The molecule has 1 aliphatic carbocycles. The molecule has 21 heavy (non-hydrogen) atoms. The van der Waals surface area contributed by atoms with Crippen molar-refractivity contribution in [1.29, 1.82) is 0 Å². The van der Waals surface area contributed by atoms with Gasteiger partial charge in [0, 0.05) is 0 Å². The van der Waals surface area contributed by atoms with Gasteiger partial charge >= 0.3 is 0 Å². The van der Waals surface area contributed by atoms with Gasteiger partial charge in [-0.2, -0.15) is 0 Å². The van der Waals surface area contributed by atoms with Crippen LogP contribution in [0.4, 0.5) is 0 Å². The van der Waals surface area contributed by atoms with Crippen LogP contribution in [-0.4, -0.2) is 13.6 Å². The number of nitrogens with one attached hydrogen (secondary N) is 1. The molecule has 0 aromatic rings. The maximum atomic E-state index is 3.43. The van der Waals surface area contributed by atoms with E-state index >= 15 is 0 Å². The smallest absolute Gasteiger partial charge is 0.00209 e. The third-order valence-corrected chi connectivity index (χ3v) is 5.57. The zero-order chi connectivity index (χ0) is 15.6. The van der Waals surface area contributed by atoms with Gasteiger partial charge in [-0.15, -0.1) is 0 Å². The van der Waals surface area contributed by atoms with Gasteiger partial charge in [-0.25, -0.2) is 0 Å². The molecule has 0 spiro atoms. The van der Waals surface area contributed by atoms with E-state index in [0.717, 1.165) is 11.8 Å². The molecule has 0 aromatic carbocycles. The van der Waals surface area contributed by atoms with Crippen molar-refractivity contribution in [2.75, 3.05) is 13.6 Å². The lowest BCUT2D eigenvalue weighted by Gasteiger charge is -2.41. The minimum atomic E-state index is 0.592. The van der Waals surface area contributed by atoms with Gasteiger partial charge < -0.3 is 5.32 Å². The Bertz CT molecular complexity index is 246. The molecule has 1 nitrogen and oxygen atoms in total. The minimum Gasteiger partial charge on any atom is -0.319 e. The summed E-state index contributed by atoms with van der Waals surface area (Å²) in [4.78, 5) is 0. The van der Waals surface area contributed by atoms with Crippen LogP contribution in [-0.2, 0) is 0 Å². The average molecular weight is 296 g/mol. The molecule has 0 radical (unpaired) electrons. The van der Waals surface area contributed by atoms with Crippen molar-refractivity contribution in [1.82, 2.24) is 5.32 Å². The van der Waals surface area contributed by atoms with Crippen molar-refractivity contribution in [3.05, 3.63) is 0 Å². The molecule has 2 atom stereocenters. The molecular formula is C20H41N. The molecule has 0 amide bonds. The lowest BCUT2D eigenvalue weighted by atomic mass is 9.66. The van der Waals surface area contributed by atoms with E-state index in [9.17, 15) is 0 Å². The highest BCUT2D eigenvalue weighted by atomic mass is 14.8. The van der Waals surface area contributed by atoms with Crippen LogP contribution >= 0.6 is 0 Å². The highest BCUT2D eigenvalue weighted by Crippen LogP contribution is 2.43. The van der Waals surface area contributed by atoms with Crippen LogP contribution in [0.5, 0.6) is 0 Å². The summed E-state index contributed by atoms with van der Waals surface area (Å²) in [6, 6.07) is 0. The quantitative estimate of drug-likeness (QED) is 0.449. The van der Waals surface area contributed by atoms with Crippen LogP contribution in [0, 0.1) is 17.3 Å². The fourth-order valence-electron chi connectivity index (χ4n) is 4.20. The van der Waals surface area contributed by atoms with E-state index in [0.29, 0.717) is 5.41 Å². The summed E-state index contributed by atoms with van der Waals surface area (Å²) in [6.45, 7) is 8.48. The second-order valence-corrected chi connectivity index (χ2v) is 8.25. The topological polar surface area (TPSA) is 12.0 Å². The summed E-state index contributed by atoms with van der Waals surface area (Å²) in [7, 11) is 2.12. The Balaban J connectivity index is 2.15. The number of rotatable bonds is 11. The molecular weight excluding hydrogens is 254 g/mol. The van der Waals surface area contributed by atoms with E-state index in [1.807, 2.05) is 0 Å². The lowest BCUT2D eigenvalue weighted by molar-refractivity contribution is 0.109. The van der Waals surface area contributed by atoms with Crippen LogP contribution in [0.3, 0.4) is 0 Å². The van der Waals surface area contributed by atoms with Crippen LogP contribution < -0.4 is 5.32 Å². The molecule has 126 valence electrons. The first kappa shape index (κ1) is 19.0. The molecule has 2 unspecified atom stereocenters. The fourth-order valence-corrected chi connectivity index (χ4v) is 4.20. The summed E-state index contributed by atoms with van der Waals surface area (Å²) in [5.74, 6) is 1.91. The Kier molecular flexibility index (Phi) is 9.64. The van der Waals surface area contributed by atoms with E-state index < -0.39 is 0 Å². The largest absolute Gasteiger partial charge is 0.319 e. The predicted octanol–water partition coefficient (Wildman–Crippen LogP) is 6.18. The number of hydrogen-bond donors (Lipinski definition) is 1. The Labute approximate surface area is 134 Å². The molecule has 0 aromatic heterocycles. The lowest BCUT2D eigenvalue weighted by Crippen LogP contribution is -2.35. The first-order valence-corrected chi connectivity index (χ1v) is 9.73. The molecule has 0 bridgehead atoms. The minimum absolute atomic E-state index is 0.592. The van der Waals surface area contributed by atoms with E-state index in [4.69, 9.17) is 0 Å². The molecule has 0 saturated heterocycles. The van der Waals surface area contributed by atoms with Crippen molar-refractivity contribution >= 4 is 0 Å². The average Bonchev–Trinajstić information content (AvgIpc) is 2.44. The summed E-state index contributed by atoms with van der Waals surface area (Å²) in [5, 5.41) is 3.43. The van der Waals surface area contributed by atoms with E-state index in [2.05, 4.69) is 33.1 Å². The van der Waals surface area contributed by atoms with Gasteiger partial charge in [0.05, 0.1) is 0 Å². The Morgan fingerprint density at radius 2 is 1.52 bits per heavy atom. The number of hydrogen-bond acceptors (Lipinski definition) is 1. The highest BCUT2D eigenvalue weighted by molar-refractivity contribution is 4.85. The normalized spacial score (nSPS) is 25.1. The molecule has 1 N–H and O–H groups in total. The molecule has 1 fully saturated rings. The molecule has 1 heteroatoms. The maximum Gasteiger partial charge on any atom is -0.00209 e. The summed E-state index contributed by atoms with van der Waals surface area (Å²) in [5.41, 5.74) is 0.592. The Morgan fingerprint density at radius 1 is 0.905 bits per heavy atom. The molecule has 0 aliphatic heterocycles. The van der Waals surface area contributed by atoms with Crippen molar-refractivity contribution < 1.29 is 0 Å². The van der Waals surface area contributed by atoms with Crippen molar-refractivity contribution in [2.45, 2.75) is 97.8 Å². The van der Waals surface area contributed by atoms with Crippen LogP contribution in [0.15, 0.2) is 0 Å². The molecule has 1 rings (SSSR count). The van der Waals surface area contributed by atoms with Crippen LogP contribution in [0.1, 0.15) is 97.8 Å². The predicted molar refractivity (Wildman–Crippen MR) is 95.8 cm³/mol. The van der Waals surface area contributed by atoms with Gasteiger partial charge in [0.25, 0.3) is 0 Å². The Hall–Kier alpha value is -0.0400. The van der Waals surface area contributed by atoms with Crippen LogP contribution in [0.2, 0.25) is 0 Å². The van der Waals surface area contributed by atoms with Crippen LogP contribution in [0.25, 0.3) is 0 Å². The first-order chi connectivity index (χ1) is 10.1.